The van der Waals surface area contributed by atoms with Crippen molar-refractivity contribution in [3.05, 3.63) is 40.2 Å². The molecule has 0 saturated heterocycles. The van der Waals surface area contributed by atoms with Gasteiger partial charge in [0.2, 0.25) is 0 Å². The van der Waals surface area contributed by atoms with Crippen molar-refractivity contribution in [1.82, 2.24) is 4.98 Å². The molecule has 0 aliphatic rings. The summed E-state index contributed by atoms with van der Waals surface area (Å²) in [6, 6.07) is 1.74. The molecule has 0 spiro atoms. The van der Waals surface area contributed by atoms with Crippen LogP contribution in [0.5, 0.6) is 0 Å². The summed E-state index contributed by atoms with van der Waals surface area (Å²) in [5.74, 6) is 0. The van der Waals surface area contributed by atoms with Crippen molar-refractivity contribution >= 4 is 19.6 Å². The first-order valence-corrected chi connectivity index (χ1v) is 11.3. The van der Waals surface area contributed by atoms with Crippen LogP contribution in [0, 0.1) is 10.1 Å². The zero-order chi connectivity index (χ0) is 18.5. The van der Waals surface area contributed by atoms with Gasteiger partial charge >= 0.3 is 0 Å². The van der Waals surface area contributed by atoms with Crippen LogP contribution in [0.2, 0.25) is 18.1 Å². The molecular formula is C18H30N2O3Si. The van der Waals surface area contributed by atoms with E-state index in [1.165, 1.54) is 0 Å². The first-order chi connectivity index (χ1) is 11.0. The number of nitro groups is 1. The SMILES string of the molecule is C=C(C)c1nccc(CCCCO[Si](C)(C)C(C)(C)C)c1[N+](=O)[O-]. The van der Waals surface area contributed by atoms with Crippen molar-refractivity contribution in [1.29, 1.82) is 0 Å². The zero-order valence-corrected chi connectivity index (χ0v) is 16.8. The third-order valence-electron chi connectivity index (χ3n) is 4.70. The average molecular weight is 351 g/mol. The van der Waals surface area contributed by atoms with Crippen LogP contribution in [0.15, 0.2) is 18.8 Å². The lowest BCUT2D eigenvalue weighted by Crippen LogP contribution is -2.40. The lowest BCUT2D eigenvalue weighted by atomic mass is 10.0. The minimum absolute atomic E-state index is 0.0929. The van der Waals surface area contributed by atoms with Crippen LogP contribution in [0.4, 0.5) is 5.69 Å². The van der Waals surface area contributed by atoms with E-state index in [0.29, 0.717) is 24.3 Å². The highest BCUT2D eigenvalue weighted by molar-refractivity contribution is 6.74. The summed E-state index contributed by atoms with van der Waals surface area (Å²) in [5, 5.41) is 11.6. The van der Waals surface area contributed by atoms with E-state index in [-0.39, 0.29) is 15.6 Å². The highest BCUT2D eigenvalue weighted by Gasteiger charge is 2.36. The fourth-order valence-electron chi connectivity index (χ4n) is 2.17. The first kappa shape index (κ1) is 20.5. The van der Waals surface area contributed by atoms with E-state index in [1.807, 2.05) is 0 Å². The Morgan fingerprint density at radius 1 is 1.38 bits per heavy atom. The average Bonchev–Trinajstić information content (AvgIpc) is 2.44. The van der Waals surface area contributed by atoms with Gasteiger partial charge in [-0.2, -0.15) is 0 Å². The summed E-state index contributed by atoms with van der Waals surface area (Å²) < 4.78 is 6.15. The monoisotopic (exact) mass is 350 g/mol. The number of pyridine rings is 1. The van der Waals surface area contributed by atoms with E-state index in [9.17, 15) is 10.1 Å². The van der Waals surface area contributed by atoms with Crippen LogP contribution in [-0.2, 0) is 10.8 Å². The lowest BCUT2D eigenvalue weighted by molar-refractivity contribution is -0.386. The van der Waals surface area contributed by atoms with Crippen LogP contribution in [0.3, 0.4) is 0 Å². The maximum Gasteiger partial charge on any atom is 0.298 e. The molecule has 5 nitrogen and oxygen atoms in total. The number of allylic oxidation sites excluding steroid dienone is 1. The molecule has 0 aromatic carbocycles. The molecule has 0 radical (unpaired) electrons. The Balaban J connectivity index is 2.65. The second-order valence-electron chi connectivity index (χ2n) is 7.77. The Hall–Kier alpha value is -1.53. The van der Waals surface area contributed by atoms with Crippen LogP contribution in [0.25, 0.3) is 5.57 Å². The summed E-state index contributed by atoms with van der Waals surface area (Å²) in [4.78, 5) is 15.1. The van der Waals surface area contributed by atoms with Gasteiger partial charge in [0.05, 0.1) is 4.92 Å². The molecule has 1 aromatic heterocycles. The van der Waals surface area contributed by atoms with Crippen LogP contribution in [0.1, 0.15) is 51.8 Å². The molecule has 134 valence electrons. The van der Waals surface area contributed by atoms with Crippen molar-refractivity contribution in [2.24, 2.45) is 0 Å². The zero-order valence-electron chi connectivity index (χ0n) is 15.8. The number of unbranched alkanes of at least 4 members (excludes halogenated alkanes) is 1. The van der Waals surface area contributed by atoms with E-state index in [0.717, 1.165) is 18.4 Å². The molecular weight excluding hydrogens is 320 g/mol. The summed E-state index contributed by atoms with van der Waals surface area (Å²) >= 11 is 0. The molecule has 0 aliphatic carbocycles. The van der Waals surface area contributed by atoms with Gasteiger partial charge in [-0.1, -0.05) is 27.4 Å². The number of hydrogen-bond acceptors (Lipinski definition) is 4. The Morgan fingerprint density at radius 2 is 2.00 bits per heavy atom. The fraction of sp³-hybridized carbons (Fsp3) is 0.611. The second kappa shape index (κ2) is 8.03. The molecule has 0 N–H and O–H groups in total. The van der Waals surface area contributed by atoms with E-state index >= 15 is 0 Å². The van der Waals surface area contributed by atoms with Gasteiger partial charge in [-0.15, -0.1) is 0 Å². The van der Waals surface area contributed by atoms with Gasteiger partial charge < -0.3 is 4.43 Å². The topological polar surface area (TPSA) is 65.3 Å². The minimum atomic E-state index is -1.72. The van der Waals surface area contributed by atoms with Crippen molar-refractivity contribution in [2.75, 3.05) is 6.61 Å². The van der Waals surface area contributed by atoms with E-state index in [2.05, 4.69) is 45.4 Å². The number of aryl methyl sites for hydroxylation is 1. The predicted octanol–water partition coefficient (Wildman–Crippen LogP) is 5.37. The summed E-state index contributed by atoms with van der Waals surface area (Å²) in [6.45, 7) is 17.4. The molecule has 0 atom stereocenters. The number of aromatic nitrogens is 1. The Morgan fingerprint density at radius 3 is 2.50 bits per heavy atom. The normalized spacial score (nSPS) is 12.2. The molecule has 6 heteroatoms. The first-order valence-electron chi connectivity index (χ1n) is 8.39. The number of nitrogens with zero attached hydrogens (tertiary/aromatic N) is 2. The van der Waals surface area contributed by atoms with Crippen molar-refractivity contribution < 1.29 is 9.35 Å². The summed E-state index contributed by atoms with van der Waals surface area (Å²) in [6.07, 6.45) is 4.03. The third kappa shape index (κ3) is 5.24. The molecule has 1 heterocycles. The summed E-state index contributed by atoms with van der Waals surface area (Å²) in [7, 11) is -1.72. The summed E-state index contributed by atoms with van der Waals surface area (Å²) in [5.41, 5.74) is 1.82. The standard InChI is InChI=1S/C18H30N2O3Si/c1-14(2)16-17(20(21)22)15(11-12-19-16)10-8-9-13-23-24(6,7)18(3,4)5/h11-12H,1,8-10,13H2,2-7H3. The molecule has 1 rings (SSSR count). The maximum atomic E-state index is 11.4. The minimum Gasteiger partial charge on any atom is -0.417 e. The molecule has 0 unspecified atom stereocenters. The van der Waals surface area contributed by atoms with Gasteiger partial charge in [0.1, 0.15) is 5.69 Å². The second-order valence-corrected chi connectivity index (χ2v) is 12.6. The Kier molecular flexibility index (Phi) is 6.86. The van der Waals surface area contributed by atoms with Crippen LogP contribution >= 0.6 is 0 Å². The number of rotatable bonds is 8. The molecule has 0 saturated carbocycles. The van der Waals surface area contributed by atoms with Gasteiger partial charge in [-0.3, -0.25) is 10.1 Å². The van der Waals surface area contributed by atoms with Crippen molar-refractivity contribution in [3.63, 3.8) is 0 Å². The lowest BCUT2D eigenvalue weighted by Gasteiger charge is -2.36. The van der Waals surface area contributed by atoms with Gasteiger partial charge in [0, 0.05) is 18.4 Å². The number of hydrogen-bond donors (Lipinski definition) is 0. The van der Waals surface area contributed by atoms with E-state index in [1.54, 1.807) is 19.2 Å². The Labute approximate surface area is 146 Å². The van der Waals surface area contributed by atoms with Gasteiger partial charge in [-0.05, 0) is 56.0 Å². The van der Waals surface area contributed by atoms with Crippen LogP contribution < -0.4 is 0 Å². The van der Waals surface area contributed by atoms with Crippen LogP contribution in [-0.4, -0.2) is 24.8 Å². The van der Waals surface area contributed by atoms with Crippen molar-refractivity contribution in [2.45, 2.75) is 65.1 Å². The largest absolute Gasteiger partial charge is 0.417 e. The molecule has 1 aromatic rings. The van der Waals surface area contributed by atoms with E-state index < -0.39 is 8.32 Å². The predicted molar refractivity (Wildman–Crippen MR) is 102 cm³/mol. The van der Waals surface area contributed by atoms with Gasteiger partial charge in [-0.25, -0.2) is 4.98 Å². The maximum absolute atomic E-state index is 11.4. The molecule has 0 bridgehead atoms. The van der Waals surface area contributed by atoms with E-state index in [4.69, 9.17) is 4.43 Å². The fourth-order valence-corrected chi connectivity index (χ4v) is 3.26. The molecule has 0 amide bonds. The van der Waals surface area contributed by atoms with Gasteiger partial charge in [0.15, 0.2) is 8.32 Å². The Bertz CT molecular complexity index is 607. The highest BCUT2D eigenvalue weighted by atomic mass is 28.4. The molecule has 0 aliphatic heterocycles. The van der Waals surface area contributed by atoms with Crippen molar-refractivity contribution in [3.8, 4) is 0 Å². The molecule has 24 heavy (non-hydrogen) atoms. The third-order valence-corrected chi connectivity index (χ3v) is 9.24. The molecule has 0 fully saturated rings. The van der Waals surface area contributed by atoms with Gasteiger partial charge in [0.25, 0.3) is 5.69 Å². The quantitative estimate of drug-likeness (QED) is 0.274. The highest BCUT2D eigenvalue weighted by Crippen LogP contribution is 2.36. The smallest absolute Gasteiger partial charge is 0.298 e.